The van der Waals surface area contributed by atoms with Crippen LogP contribution in [0.15, 0.2) is 54.6 Å². The van der Waals surface area contributed by atoms with Crippen molar-refractivity contribution in [2.75, 3.05) is 17.7 Å². The Bertz CT molecular complexity index is 946. The number of aryl methyl sites for hydroxylation is 1. The van der Waals surface area contributed by atoms with E-state index < -0.39 is 5.97 Å². The number of benzene rings is 2. The fourth-order valence-corrected chi connectivity index (χ4v) is 2.62. The Kier molecular flexibility index (Phi) is 5.34. The Labute approximate surface area is 156 Å². The van der Waals surface area contributed by atoms with Gasteiger partial charge in [0.1, 0.15) is 17.5 Å². The lowest BCUT2D eigenvalue weighted by molar-refractivity contribution is 0.0602. The molecule has 0 radical (unpaired) electrons. The van der Waals surface area contributed by atoms with Crippen molar-refractivity contribution in [2.45, 2.75) is 6.92 Å². The van der Waals surface area contributed by atoms with Gasteiger partial charge in [-0.1, -0.05) is 29.8 Å². The average Bonchev–Trinajstić information content (AvgIpc) is 2.61. The first-order valence-electron chi connectivity index (χ1n) is 7.88. The number of carbonyl (C=O) groups excluding carboxylic acids is 1. The number of esters is 1. The molecule has 0 spiro atoms. The van der Waals surface area contributed by atoms with E-state index in [9.17, 15) is 4.79 Å². The highest BCUT2D eigenvalue weighted by molar-refractivity contribution is 6.30. The van der Waals surface area contributed by atoms with E-state index >= 15 is 0 Å². The van der Waals surface area contributed by atoms with Gasteiger partial charge in [-0.25, -0.2) is 14.8 Å². The van der Waals surface area contributed by atoms with Gasteiger partial charge in [-0.05, 0) is 37.3 Å². The SMILES string of the molecule is COC(=O)c1ccccc1Nc1cc(Nc2cccc(Cl)c2)nc(C)n1. The summed E-state index contributed by atoms with van der Waals surface area (Å²) in [4.78, 5) is 20.7. The van der Waals surface area contributed by atoms with Crippen molar-refractivity contribution in [2.24, 2.45) is 0 Å². The van der Waals surface area contributed by atoms with Crippen molar-refractivity contribution in [1.29, 1.82) is 0 Å². The van der Waals surface area contributed by atoms with E-state index in [1.807, 2.05) is 18.2 Å². The Morgan fingerprint density at radius 3 is 2.46 bits per heavy atom. The summed E-state index contributed by atoms with van der Waals surface area (Å²) >= 11 is 6.01. The van der Waals surface area contributed by atoms with Crippen LogP contribution in [-0.4, -0.2) is 23.0 Å². The summed E-state index contributed by atoms with van der Waals surface area (Å²) in [6, 6.07) is 16.2. The third-order valence-electron chi connectivity index (χ3n) is 3.53. The number of hydrogen-bond donors (Lipinski definition) is 2. The molecule has 0 aliphatic carbocycles. The smallest absolute Gasteiger partial charge is 0.339 e. The number of nitrogens with one attached hydrogen (secondary N) is 2. The van der Waals surface area contributed by atoms with Crippen LogP contribution in [-0.2, 0) is 4.74 Å². The molecule has 0 aliphatic heterocycles. The van der Waals surface area contributed by atoms with Crippen LogP contribution in [0.25, 0.3) is 0 Å². The van der Waals surface area contributed by atoms with Gasteiger partial charge in [0.25, 0.3) is 0 Å². The monoisotopic (exact) mass is 368 g/mol. The highest BCUT2D eigenvalue weighted by Crippen LogP contribution is 2.24. The van der Waals surface area contributed by atoms with Crippen molar-refractivity contribution in [3.63, 3.8) is 0 Å². The molecule has 26 heavy (non-hydrogen) atoms. The molecule has 7 heteroatoms. The van der Waals surface area contributed by atoms with Gasteiger partial charge in [0, 0.05) is 16.8 Å². The average molecular weight is 369 g/mol. The van der Waals surface area contributed by atoms with Gasteiger partial charge in [-0.3, -0.25) is 0 Å². The minimum Gasteiger partial charge on any atom is -0.465 e. The van der Waals surface area contributed by atoms with Gasteiger partial charge in [0.05, 0.1) is 18.4 Å². The Balaban J connectivity index is 1.88. The second kappa shape index (κ2) is 7.84. The number of rotatable bonds is 5. The molecule has 3 aromatic rings. The van der Waals surface area contributed by atoms with Gasteiger partial charge in [-0.2, -0.15) is 0 Å². The Morgan fingerprint density at radius 1 is 1.00 bits per heavy atom. The third kappa shape index (κ3) is 4.29. The van der Waals surface area contributed by atoms with Crippen LogP contribution in [0.5, 0.6) is 0 Å². The summed E-state index contributed by atoms with van der Waals surface area (Å²) in [6.45, 7) is 1.79. The summed E-state index contributed by atoms with van der Waals surface area (Å²) in [5, 5.41) is 6.97. The van der Waals surface area contributed by atoms with Gasteiger partial charge >= 0.3 is 5.97 Å². The maximum Gasteiger partial charge on any atom is 0.339 e. The first-order valence-corrected chi connectivity index (χ1v) is 8.25. The summed E-state index contributed by atoms with van der Waals surface area (Å²) in [6.07, 6.45) is 0. The van der Waals surface area contributed by atoms with Gasteiger partial charge in [0.2, 0.25) is 0 Å². The molecule has 2 N–H and O–H groups in total. The van der Waals surface area contributed by atoms with Gasteiger partial charge in [-0.15, -0.1) is 0 Å². The van der Waals surface area contributed by atoms with Crippen molar-refractivity contribution >= 4 is 40.6 Å². The molecule has 132 valence electrons. The van der Waals surface area contributed by atoms with E-state index in [1.165, 1.54) is 7.11 Å². The molecule has 0 saturated heterocycles. The number of aromatic nitrogens is 2. The van der Waals surface area contributed by atoms with Crippen molar-refractivity contribution in [3.8, 4) is 0 Å². The second-order valence-electron chi connectivity index (χ2n) is 5.48. The second-order valence-corrected chi connectivity index (χ2v) is 5.92. The molecule has 6 nitrogen and oxygen atoms in total. The number of anilines is 4. The molecule has 3 rings (SSSR count). The van der Waals surface area contributed by atoms with Crippen molar-refractivity contribution in [3.05, 3.63) is 71.0 Å². The topological polar surface area (TPSA) is 76.1 Å². The molecule has 0 amide bonds. The minimum absolute atomic E-state index is 0.420. The van der Waals surface area contributed by atoms with Crippen LogP contribution < -0.4 is 10.6 Å². The first-order chi connectivity index (χ1) is 12.5. The van der Waals surface area contributed by atoms with E-state index in [-0.39, 0.29) is 0 Å². The summed E-state index contributed by atoms with van der Waals surface area (Å²) in [5.74, 6) is 1.32. The summed E-state index contributed by atoms with van der Waals surface area (Å²) < 4.78 is 4.82. The van der Waals surface area contributed by atoms with Crippen LogP contribution in [0.4, 0.5) is 23.0 Å². The predicted molar refractivity (Wildman–Crippen MR) is 103 cm³/mol. The highest BCUT2D eigenvalue weighted by atomic mass is 35.5. The molecule has 0 aliphatic rings. The van der Waals surface area contributed by atoms with Crippen molar-refractivity contribution < 1.29 is 9.53 Å². The number of nitrogens with zero attached hydrogens (tertiary/aromatic N) is 2. The van der Waals surface area contributed by atoms with Crippen LogP contribution >= 0.6 is 11.6 Å². The van der Waals surface area contributed by atoms with Crippen molar-refractivity contribution in [1.82, 2.24) is 9.97 Å². The normalized spacial score (nSPS) is 10.3. The zero-order valence-electron chi connectivity index (χ0n) is 14.3. The first kappa shape index (κ1) is 17.7. The van der Waals surface area contributed by atoms with E-state index in [0.717, 1.165) is 5.69 Å². The maximum absolute atomic E-state index is 11.9. The van der Waals surface area contributed by atoms with Crippen LogP contribution in [0.1, 0.15) is 16.2 Å². The fraction of sp³-hybridized carbons (Fsp3) is 0.105. The molecule has 0 fully saturated rings. The Hall–Kier alpha value is -3.12. The molecule has 1 heterocycles. The molecule has 0 saturated carbocycles. The van der Waals surface area contributed by atoms with E-state index in [0.29, 0.717) is 33.7 Å². The number of carbonyl (C=O) groups is 1. The molecule has 0 atom stereocenters. The summed E-state index contributed by atoms with van der Waals surface area (Å²) in [7, 11) is 1.35. The zero-order chi connectivity index (χ0) is 18.5. The molecular weight excluding hydrogens is 352 g/mol. The minimum atomic E-state index is -0.420. The number of hydrogen-bond acceptors (Lipinski definition) is 6. The molecular formula is C19H17ClN4O2. The fourth-order valence-electron chi connectivity index (χ4n) is 2.43. The molecule has 2 aromatic carbocycles. The molecule has 1 aromatic heterocycles. The van der Waals surface area contributed by atoms with E-state index in [1.54, 1.807) is 43.3 Å². The van der Waals surface area contributed by atoms with Crippen LogP contribution in [0, 0.1) is 6.92 Å². The Morgan fingerprint density at radius 2 is 1.73 bits per heavy atom. The quantitative estimate of drug-likeness (QED) is 0.635. The summed E-state index contributed by atoms with van der Waals surface area (Å²) in [5.41, 5.74) is 1.85. The third-order valence-corrected chi connectivity index (χ3v) is 3.77. The van der Waals surface area contributed by atoms with Gasteiger partial charge < -0.3 is 15.4 Å². The molecule has 0 bridgehead atoms. The largest absolute Gasteiger partial charge is 0.465 e. The lowest BCUT2D eigenvalue weighted by Crippen LogP contribution is -2.07. The van der Waals surface area contributed by atoms with Crippen LogP contribution in [0.2, 0.25) is 5.02 Å². The van der Waals surface area contributed by atoms with E-state index in [2.05, 4.69) is 20.6 Å². The lowest BCUT2D eigenvalue weighted by atomic mass is 10.2. The molecule has 0 unspecified atom stereocenters. The number of methoxy groups -OCH3 is 1. The highest BCUT2D eigenvalue weighted by Gasteiger charge is 2.12. The number of ether oxygens (including phenoxy) is 1. The predicted octanol–water partition coefficient (Wildman–Crippen LogP) is 4.71. The van der Waals surface area contributed by atoms with Crippen LogP contribution in [0.3, 0.4) is 0 Å². The standard InChI is InChI=1S/C19H17ClN4O2/c1-12-21-17(23-14-7-5-6-13(20)10-14)11-18(22-12)24-16-9-4-3-8-15(16)19(25)26-2/h3-11H,1-2H3,(H2,21,22,23,24). The maximum atomic E-state index is 11.9. The van der Waals surface area contributed by atoms with Gasteiger partial charge in [0.15, 0.2) is 0 Å². The number of para-hydroxylation sites is 1. The number of halogens is 1. The van der Waals surface area contributed by atoms with E-state index in [4.69, 9.17) is 16.3 Å². The lowest BCUT2D eigenvalue weighted by Gasteiger charge is -2.12. The zero-order valence-corrected chi connectivity index (χ0v) is 15.0.